The first-order valence-electron chi connectivity index (χ1n) is 9.17. The number of carboxylic acid groups (broad SMARTS) is 1. The van der Waals surface area contributed by atoms with E-state index in [2.05, 4.69) is 10.00 Å². The van der Waals surface area contributed by atoms with Gasteiger partial charge >= 0.3 is 18.2 Å². The third-order valence-electron chi connectivity index (χ3n) is 5.52. The van der Waals surface area contributed by atoms with Crippen LogP contribution < -0.4 is 0 Å². The zero-order chi connectivity index (χ0) is 20.8. The van der Waals surface area contributed by atoms with Gasteiger partial charge in [-0.1, -0.05) is 12.1 Å². The highest BCUT2D eigenvalue weighted by molar-refractivity contribution is 5.86. The Balaban J connectivity index is 1.32. The Bertz CT molecular complexity index is 912. The summed E-state index contributed by atoms with van der Waals surface area (Å²) in [6, 6.07) is 6.14. The second-order valence-corrected chi connectivity index (χ2v) is 7.55. The fourth-order valence-corrected chi connectivity index (χ4v) is 4.12. The minimum atomic E-state index is -4.33. The Hall–Kier alpha value is -2.88. The van der Waals surface area contributed by atoms with Crippen LogP contribution in [0.4, 0.5) is 18.0 Å². The van der Waals surface area contributed by atoms with Crippen molar-refractivity contribution < 1.29 is 27.9 Å². The summed E-state index contributed by atoms with van der Waals surface area (Å²) >= 11 is 0. The van der Waals surface area contributed by atoms with Crippen molar-refractivity contribution in [2.75, 3.05) is 26.2 Å². The molecule has 0 bridgehead atoms. The molecular formula is C19H19F3N4O3. The van der Waals surface area contributed by atoms with Gasteiger partial charge in [0, 0.05) is 38.9 Å². The topological polar surface area (TPSA) is 78.7 Å². The Morgan fingerprint density at radius 2 is 1.66 bits per heavy atom. The van der Waals surface area contributed by atoms with Crippen molar-refractivity contribution >= 4 is 12.0 Å². The number of likely N-dealkylation sites (tertiary alicyclic amines) is 2. The Labute approximate surface area is 164 Å². The van der Waals surface area contributed by atoms with Gasteiger partial charge < -0.3 is 10.0 Å². The molecule has 0 radical (unpaired) electrons. The van der Waals surface area contributed by atoms with E-state index < -0.39 is 17.7 Å². The van der Waals surface area contributed by atoms with E-state index in [1.807, 2.05) is 0 Å². The maximum Gasteiger partial charge on any atom is 0.416 e. The highest BCUT2D eigenvalue weighted by Gasteiger charge is 2.42. The second-order valence-electron chi connectivity index (χ2n) is 7.55. The summed E-state index contributed by atoms with van der Waals surface area (Å²) in [6.07, 6.45) is -2.99. The third kappa shape index (κ3) is 3.98. The van der Waals surface area contributed by atoms with Gasteiger partial charge in [-0.05, 0) is 35.6 Å². The number of carbonyl (C=O) groups excluding carboxylic acids is 1. The number of carboxylic acids is 1. The van der Waals surface area contributed by atoms with Crippen LogP contribution in [0, 0.1) is 11.8 Å². The number of rotatable bonds is 3. The third-order valence-corrected chi connectivity index (χ3v) is 5.52. The summed E-state index contributed by atoms with van der Waals surface area (Å²) in [5.41, 5.74) is -0.0116. The van der Waals surface area contributed by atoms with E-state index >= 15 is 0 Å². The molecular weight excluding hydrogens is 389 g/mol. The van der Waals surface area contributed by atoms with E-state index in [4.69, 9.17) is 5.11 Å². The van der Waals surface area contributed by atoms with Gasteiger partial charge in [-0.25, -0.2) is 9.59 Å². The van der Waals surface area contributed by atoms with E-state index in [9.17, 15) is 22.8 Å². The predicted molar refractivity (Wildman–Crippen MR) is 95.3 cm³/mol. The largest absolute Gasteiger partial charge is 0.476 e. The van der Waals surface area contributed by atoms with Crippen molar-refractivity contribution in [1.82, 2.24) is 19.6 Å². The molecule has 2 unspecified atom stereocenters. The highest BCUT2D eigenvalue weighted by Crippen LogP contribution is 2.33. The molecule has 2 aromatic rings. The molecule has 0 saturated carbocycles. The van der Waals surface area contributed by atoms with Gasteiger partial charge in [0.15, 0.2) is 5.69 Å². The number of carbonyl (C=O) groups is 2. The first-order chi connectivity index (χ1) is 13.7. The van der Waals surface area contributed by atoms with E-state index in [1.54, 1.807) is 4.90 Å². The lowest BCUT2D eigenvalue weighted by Crippen LogP contribution is -2.36. The molecule has 3 heterocycles. The van der Waals surface area contributed by atoms with Crippen LogP contribution in [0.2, 0.25) is 0 Å². The molecule has 10 heteroatoms. The van der Waals surface area contributed by atoms with Crippen LogP contribution in [0.1, 0.15) is 21.6 Å². The molecule has 7 nitrogen and oxygen atoms in total. The molecule has 2 atom stereocenters. The quantitative estimate of drug-likeness (QED) is 0.845. The minimum Gasteiger partial charge on any atom is -0.476 e. The first-order valence-corrected chi connectivity index (χ1v) is 9.17. The minimum absolute atomic E-state index is 0.180. The van der Waals surface area contributed by atoms with Crippen molar-refractivity contribution in [2.24, 2.45) is 11.8 Å². The molecule has 29 heavy (non-hydrogen) atoms. The smallest absolute Gasteiger partial charge is 0.416 e. The lowest BCUT2D eigenvalue weighted by Gasteiger charge is -2.21. The zero-order valence-corrected chi connectivity index (χ0v) is 15.3. The Morgan fingerprint density at radius 3 is 2.17 bits per heavy atom. The maximum absolute atomic E-state index is 12.7. The summed E-state index contributed by atoms with van der Waals surface area (Å²) in [5, 5.41) is 12.7. The summed E-state index contributed by atoms with van der Waals surface area (Å²) in [7, 11) is 0. The summed E-state index contributed by atoms with van der Waals surface area (Å²) in [6.45, 7) is 3.19. The summed E-state index contributed by atoms with van der Waals surface area (Å²) in [5.74, 6) is -0.625. The molecule has 2 aliphatic heterocycles. The van der Waals surface area contributed by atoms with Crippen LogP contribution in [0.25, 0.3) is 0 Å². The van der Waals surface area contributed by atoms with Gasteiger partial charge in [0.1, 0.15) is 0 Å². The van der Waals surface area contributed by atoms with Crippen molar-refractivity contribution in [3.63, 3.8) is 0 Å². The van der Waals surface area contributed by atoms with Gasteiger partial charge in [0.2, 0.25) is 0 Å². The monoisotopic (exact) mass is 408 g/mol. The highest BCUT2D eigenvalue weighted by atomic mass is 19.4. The number of alkyl halides is 3. The molecule has 154 valence electrons. The van der Waals surface area contributed by atoms with E-state index in [1.165, 1.54) is 24.4 Å². The molecule has 1 N–H and O–H groups in total. The van der Waals surface area contributed by atoms with Crippen LogP contribution in [0.5, 0.6) is 0 Å². The van der Waals surface area contributed by atoms with Gasteiger partial charge in [-0.15, -0.1) is 0 Å². The number of aromatic carboxylic acids is 1. The van der Waals surface area contributed by atoms with E-state index in [0.29, 0.717) is 19.6 Å². The summed E-state index contributed by atoms with van der Waals surface area (Å²) in [4.78, 5) is 27.3. The number of halogens is 3. The SMILES string of the molecule is O=C(O)c1ccn(C(=O)N2CC3CN(Cc4ccc(C(F)(F)F)cc4)CC3C2)n1. The number of benzene rings is 1. The molecule has 2 saturated heterocycles. The Kier molecular flexibility index (Phi) is 4.81. The van der Waals surface area contributed by atoms with Crippen LogP contribution in [0.3, 0.4) is 0 Å². The molecule has 0 aliphatic carbocycles. The van der Waals surface area contributed by atoms with Crippen LogP contribution in [0.15, 0.2) is 36.5 Å². The second kappa shape index (κ2) is 7.18. The number of hydrogen-bond acceptors (Lipinski definition) is 4. The average Bonchev–Trinajstić information content (AvgIpc) is 3.35. The normalized spacial score (nSPS) is 22.1. The Morgan fingerprint density at radius 1 is 1.03 bits per heavy atom. The number of nitrogens with zero attached hydrogens (tertiary/aromatic N) is 4. The van der Waals surface area contributed by atoms with Crippen LogP contribution in [-0.2, 0) is 12.7 Å². The fourth-order valence-electron chi connectivity index (χ4n) is 4.12. The number of amides is 1. The molecule has 0 spiro atoms. The molecule has 4 rings (SSSR count). The predicted octanol–water partition coefficient (Wildman–Crippen LogP) is 2.63. The number of aromatic nitrogens is 2. The van der Waals surface area contributed by atoms with E-state index in [0.717, 1.165) is 35.5 Å². The lowest BCUT2D eigenvalue weighted by molar-refractivity contribution is -0.137. The standard InChI is InChI=1S/C19H19F3N4O3/c20-19(21,22)15-3-1-12(2-4-15)7-24-8-13-10-25(11-14(13)9-24)18(29)26-6-5-16(23-26)17(27)28/h1-6,13-14H,7-11H2,(H,27,28). The van der Waals surface area contributed by atoms with Crippen molar-refractivity contribution in [3.8, 4) is 0 Å². The molecule has 2 fully saturated rings. The fraction of sp³-hybridized carbons (Fsp3) is 0.421. The van der Waals surface area contributed by atoms with Crippen molar-refractivity contribution in [1.29, 1.82) is 0 Å². The van der Waals surface area contributed by atoms with Crippen molar-refractivity contribution in [2.45, 2.75) is 12.7 Å². The van der Waals surface area contributed by atoms with E-state index in [-0.39, 0.29) is 23.6 Å². The number of fused-ring (bicyclic) bond motifs is 1. The van der Waals surface area contributed by atoms with Gasteiger partial charge in [-0.3, -0.25) is 4.90 Å². The lowest BCUT2D eigenvalue weighted by atomic mass is 10.0. The number of hydrogen-bond donors (Lipinski definition) is 1. The first kappa shape index (κ1) is 19.4. The van der Waals surface area contributed by atoms with Gasteiger partial charge in [0.25, 0.3) is 0 Å². The molecule has 2 aliphatic rings. The van der Waals surface area contributed by atoms with Crippen LogP contribution >= 0.6 is 0 Å². The maximum atomic E-state index is 12.7. The average molecular weight is 408 g/mol. The van der Waals surface area contributed by atoms with Gasteiger partial charge in [-0.2, -0.15) is 23.0 Å². The summed E-state index contributed by atoms with van der Waals surface area (Å²) < 4.78 is 39.0. The molecule has 1 amide bonds. The zero-order valence-electron chi connectivity index (χ0n) is 15.3. The van der Waals surface area contributed by atoms with Crippen LogP contribution in [-0.4, -0.2) is 62.9 Å². The van der Waals surface area contributed by atoms with Gasteiger partial charge in [0.05, 0.1) is 5.56 Å². The van der Waals surface area contributed by atoms with Crippen molar-refractivity contribution in [3.05, 3.63) is 53.3 Å². The molecule has 1 aromatic carbocycles. The molecule has 1 aromatic heterocycles.